The minimum absolute atomic E-state index is 0.00429. The Hall–Kier alpha value is -4.38. The Labute approximate surface area is 252 Å². The molecule has 2 heterocycles. The van der Waals surface area contributed by atoms with Crippen molar-refractivity contribution in [3.05, 3.63) is 94.5 Å². The Kier molecular flexibility index (Phi) is 8.06. The normalized spacial score (nSPS) is 22.9. The van der Waals surface area contributed by atoms with E-state index in [4.69, 9.17) is 9.47 Å². The second-order valence-electron chi connectivity index (χ2n) is 11.5. The second kappa shape index (κ2) is 12.0. The number of anilines is 1. The molecule has 0 saturated carbocycles. The lowest BCUT2D eigenvalue weighted by molar-refractivity contribution is -0.137. The smallest absolute Gasteiger partial charge is 0.416 e. The molecule has 6 rings (SSSR count). The molecule has 2 aliphatic heterocycles. The van der Waals surface area contributed by atoms with Crippen LogP contribution in [0.25, 0.3) is 0 Å². The number of rotatable bonds is 5. The monoisotopic (exact) mass is 607 g/mol. The summed E-state index contributed by atoms with van der Waals surface area (Å²) in [7, 11) is 1.69. The van der Waals surface area contributed by atoms with Crippen LogP contribution < -0.4 is 15.4 Å². The van der Waals surface area contributed by atoms with Crippen LogP contribution in [-0.4, -0.2) is 54.5 Å². The first-order chi connectivity index (χ1) is 21.1. The fourth-order valence-electron chi connectivity index (χ4n) is 6.29. The van der Waals surface area contributed by atoms with E-state index in [0.29, 0.717) is 24.3 Å². The van der Waals surface area contributed by atoms with Crippen LogP contribution >= 0.6 is 0 Å². The number of carbonyl (C=O) groups excluding carboxylic acids is 3. The zero-order valence-electron chi connectivity index (χ0n) is 24.0. The molecule has 1 aliphatic carbocycles. The maximum Gasteiger partial charge on any atom is 0.416 e. The van der Waals surface area contributed by atoms with Gasteiger partial charge in [-0.05, 0) is 79.3 Å². The summed E-state index contributed by atoms with van der Waals surface area (Å²) in [5.41, 5.74) is 2.17. The minimum Gasteiger partial charge on any atom is -0.490 e. The first-order valence-corrected chi connectivity index (χ1v) is 14.6. The van der Waals surface area contributed by atoms with Crippen molar-refractivity contribution < 1.29 is 37.0 Å². The van der Waals surface area contributed by atoms with Crippen molar-refractivity contribution in [3.8, 4) is 5.75 Å². The Morgan fingerprint density at radius 3 is 2.55 bits per heavy atom. The maximum atomic E-state index is 13.5. The third-order valence-corrected chi connectivity index (χ3v) is 8.63. The molecule has 2 N–H and O–H groups in total. The number of fused-ring (bicyclic) bond motifs is 3. The molecule has 0 unspecified atom stereocenters. The van der Waals surface area contributed by atoms with Crippen LogP contribution in [0.1, 0.15) is 69.1 Å². The Morgan fingerprint density at radius 1 is 1.00 bits per heavy atom. The van der Waals surface area contributed by atoms with Crippen LogP contribution in [0.4, 0.5) is 18.9 Å². The molecule has 4 atom stereocenters. The van der Waals surface area contributed by atoms with E-state index in [9.17, 15) is 27.6 Å². The number of hydrogen-bond acceptors (Lipinski definition) is 5. The van der Waals surface area contributed by atoms with Gasteiger partial charge >= 0.3 is 6.18 Å². The van der Waals surface area contributed by atoms with E-state index in [1.54, 1.807) is 24.1 Å². The van der Waals surface area contributed by atoms with E-state index in [0.717, 1.165) is 37.1 Å². The SMILES string of the molecule is CN1C(=O)c2cc(NC(=O)c3ccc(C(F)(F)F)cc3)ccc2OC[C@@H]2O[C@H](CC(=O)N[C@H]3CCc4ccccc43)CC[C@@H]21. The second-order valence-corrected chi connectivity index (χ2v) is 11.5. The van der Waals surface area contributed by atoms with Crippen LogP contribution in [0.15, 0.2) is 66.7 Å². The maximum absolute atomic E-state index is 13.5. The lowest BCUT2D eigenvalue weighted by Crippen LogP contribution is -2.54. The largest absolute Gasteiger partial charge is 0.490 e. The molecule has 0 aromatic heterocycles. The summed E-state index contributed by atoms with van der Waals surface area (Å²) in [6, 6.07) is 16.4. The molecule has 1 fully saturated rings. The third kappa shape index (κ3) is 6.14. The number of alkyl halides is 3. The quantitative estimate of drug-likeness (QED) is 0.398. The molecule has 3 amide bonds. The molecule has 0 spiro atoms. The number of benzene rings is 3. The van der Waals surface area contributed by atoms with Crippen molar-refractivity contribution in [3.63, 3.8) is 0 Å². The summed E-state index contributed by atoms with van der Waals surface area (Å²) in [5, 5.41) is 5.79. The van der Waals surface area contributed by atoms with Gasteiger partial charge in [0.2, 0.25) is 5.91 Å². The average Bonchev–Trinajstić information content (AvgIpc) is 3.41. The summed E-state index contributed by atoms with van der Waals surface area (Å²) < 4.78 is 50.9. The molecule has 8 nitrogen and oxygen atoms in total. The predicted octanol–water partition coefficient (Wildman–Crippen LogP) is 5.53. The zero-order chi connectivity index (χ0) is 31.0. The lowest BCUT2D eigenvalue weighted by Gasteiger charge is -2.42. The number of halogens is 3. The highest BCUT2D eigenvalue weighted by Crippen LogP contribution is 2.34. The van der Waals surface area contributed by atoms with E-state index in [1.165, 1.54) is 17.2 Å². The van der Waals surface area contributed by atoms with Crippen LogP contribution in [0.2, 0.25) is 0 Å². The van der Waals surface area contributed by atoms with Crippen molar-refractivity contribution in [2.24, 2.45) is 0 Å². The van der Waals surface area contributed by atoms with Gasteiger partial charge in [-0.3, -0.25) is 14.4 Å². The number of hydrogen-bond donors (Lipinski definition) is 2. The summed E-state index contributed by atoms with van der Waals surface area (Å²) >= 11 is 0. The van der Waals surface area contributed by atoms with Crippen LogP contribution in [0.3, 0.4) is 0 Å². The van der Waals surface area contributed by atoms with Gasteiger partial charge in [0, 0.05) is 18.3 Å². The average molecular weight is 608 g/mol. The van der Waals surface area contributed by atoms with Gasteiger partial charge in [0.15, 0.2) is 0 Å². The highest BCUT2D eigenvalue weighted by molar-refractivity contribution is 6.05. The molecule has 230 valence electrons. The van der Waals surface area contributed by atoms with Crippen molar-refractivity contribution in [2.45, 2.75) is 62.6 Å². The number of ether oxygens (including phenoxy) is 2. The summed E-state index contributed by atoms with van der Waals surface area (Å²) in [6.45, 7) is 0.167. The molecule has 0 bridgehead atoms. The molecule has 3 aromatic carbocycles. The Bertz CT molecular complexity index is 1580. The molecular formula is C33H32F3N3O5. The molecule has 3 aliphatic rings. The zero-order valence-corrected chi connectivity index (χ0v) is 24.0. The molecule has 44 heavy (non-hydrogen) atoms. The van der Waals surface area contributed by atoms with Gasteiger partial charge in [-0.1, -0.05) is 24.3 Å². The third-order valence-electron chi connectivity index (χ3n) is 8.63. The molecular weight excluding hydrogens is 575 g/mol. The van der Waals surface area contributed by atoms with Crippen molar-refractivity contribution in [1.82, 2.24) is 10.2 Å². The van der Waals surface area contributed by atoms with Crippen LogP contribution in [0.5, 0.6) is 5.75 Å². The number of nitrogens with zero attached hydrogens (tertiary/aromatic N) is 1. The van der Waals surface area contributed by atoms with E-state index in [1.807, 2.05) is 12.1 Å². The van der Waals surface area contributed by atoms with Crippen molar-refractivity contribution in [2.75, 3.05) is 19.0 Å². The number of amides is 3. The van der Waals surface area contributed by atoms with Crippen LogP contribution in [-0.2, 0) is 22.1 Å². The van der Waals surface area contributed by atoms with E-state index in [2.05, 4.69) is 22.8 Å². The number of aryl methyl sites for hydroxylation is 1. The highest BCUT2D eigenvalue weighted by atomic mass is 19.4. The summed E-state index contributed by atoms with van der Waals surface area (Å²) in [4.78, 5) is 40.8. The molecule has 3 aromatic rings. The topological polar surface area (TPSA) is 97.0 Å². The van der Waals surface area contributed by atoms with E-state index in [-0.39, 0.29) is 54.2 Å². The number of likely N-dealkylation sites (N-methyl/N-ethyl adjacent to an activating group) is 1. The first-order valence-electron chi connectivity index (χ1n) is 14.6. The van der Waals surface area contributed by atoms with Gasteiger partial charge in [0.25, 0.3) is 11.8 Å². The van der Waals surface area contributed by atoms with Gasteiger partial charge in [0.05, 0.1) is 35.7 Å². The predicted molar refractivity (Wildman–Crippen MR) is 155 cm³/mol. The van der Waals surface area contributed by atoms with Gasteiger partial charge in [0.1, 0.15) is 18.5 Å². The standard InChI is InChI=1S/C33H32F3N3O5/c1-39-27-14-12-23(17-30(40)38-26-13-8-19-4-2-3-5-24(19)26)44-29(27)18-43-28-15-11-22(16-25(28)32(39)42)37-31(41)20-6-9-21(10-7-20)33(34,35)36/h2-7,9-11,15-16,23,26-27,29H,8,12-14,17-18H2,1H3,(H,37,41)(H,38,40)/t23-,26-,27-,29-/m0/s1. The lowest BCUT2D eigenvalue weighted by atomic mass is 9.94. The van der Waals surface area contributed by atoms with E-state index < -0.39 is 23.8 Å². The van der Waals surface area contributed by atoms with Crippen molar-refractivity contribution >= 4 is 23.4 Å². The van der Waals surface area contributed by atoms with Gasteiger partial charge in [-0.15, -0.1) is 0 Å². The van der Waals surface area contributed by atoms with Gasteiger partial charge in [-0.2, -0.15) is 13.2 Å². The van der Waals surface area contributed by atoms with E-state index >= 15 is 0 Å². The van der Waals surface area contributed by atoms with Crippen LogP contribution in [0, 0.1) is 0 Å². The first kappa shape index (κ1) is 29.7. The Balaban J connectivity index is 1.09. The summed E-state index contributed by atoms with van der Waals surface area (Å²) in [5.74, 6) is -0.682. The summed E-state index contributed by atoms with van der Waals surface area (Å²) in [6.07, 6.45) is -1.98. The fraction of sp³-hybridized carbons (Fsp3) is 0.364. The minimum atomic E-state index is -4.50. The molecule has 11 heteroatoms. The molecule has 1 saturated heterocycles. The number of nitrogens with one attached hydrogen (secondary N) is 2. The fourth-order valence-corrected chi connectivity index (χ4v) is 6.29. The number of carbonyl (C=O) groups is 3. The molecule has 0 radical (unpaired) electrons. The highest BCUT2D eigenvalue weighted by Gasteiger charge is 2.39. The van der Waals surface area contributed by atoms with Crippen molar-refractivity contribution in [1.29, 1.82) is 0 Å². The Morgan fingerprint density at radius 2 is 1.77 bits per heavy atom. The van der Waals surface area contributed by atoms with Gasteiger partial charge in [-0.25, -0.2) is 0 Å². The van der Waals surface area contributed by atoms with Gasteiger partial charge < -0.3 is 25.0 Å².